The summed E-state index contributed by atoms with van der Waals surface area (Å²) in [6.45, 7) is 3.03. The van der Waals surface area contributed by atoms with Crippen LogP contribution < -0.4 is 10.1 Å². The molecule has 3 aromatic rings. The fraction of sp³-hybridized carbons (Fsp3) is 0.150. The number of pyridine rings is 2. The normalized spacial score (nSPS) is 11.3. The molecule has 5 nitrogen and oxygen atoms in total. The summed E-state index contributed by atoms with van der Waals surface area (Å²) in [7, 11) is 0. The van der Waals surface area contributed by atoms with E-state index in [-0.39, 0.29) is 17.1 Å². The van der Waals surface area contributed by atoms with Crippen molar-refractivity contribution in [1.82, 2.24) is 9.97 Å². The van der Waals surface area contributed by atoms with Crippen LogP contribution in [0.5, 0.6) is 11.5 Å². The Hall–Kier alpha value is -3.56. The van der Waals surface area contributed by atoms with E-state index in [1.54, 1.807) is 6.92 Å². The summed E-state index contributed by atoms with van der Waals surface area (Å²) in [4.78, 5) is 20.1. The van der Waals surface area contributed by atoms with Crippen LogP contribution in [0.4, 0.5) is 27.6 Å². The van der Waals surface area contributed by atoms with Gasteiger partial charge in [0, 0.05) is 17.6 Å². The van der Waals surface area contributed by atoms with Gasteiger partial charge in [0.15, 0.2) is 5.82 Å². The minimum absolute atomic E-state index is 0.0515. The second-order valence-electron chi connectivity index (χ2n) is 6.26. The summed E-state index contributed by atoms with van der Waals surface area (Å²) in [6, 6.07) is 6.26. The topological polar surface area (TPSA) is 64.1 Å². The van der Waals surface area contributed by atoms with Crippen LogP contribution in [-0.4, -0.2) is 15.9 Å². The zero-order valence-electron chi connectivity index (χ0n) is 15.6. The third kappa shape index (κ3) is 4.53. The quantitative estimate of drug-likeness (QED) is 0.449. The average molecular weight is 423 g/mol. The largest absolute Gasteiger partial charge is 0.455 e. The lowest BCUT2D eigenvalue weighted by Gasteiger charge is -2.16. The molecule has 0 atom stereocenters. The van der Waals surface area contributed by atoms with E-state index in [0.717, 1.165) is 12.1 Å². The highest BCUT2D eigenvalue weighted by Crippen LogP contribution is 2.37. The van der Waals surface area contributed by atoms with Crippen molar-refractivity contribution in [1.29, 1.82) is 0 Å². The van der Waals surface area contributed by atoms with Gasteiger partial charge in [0.1, 0.15) is 17.1 Å². The van der Waals surface area contributed by atoms with Crippen molar-refractivity contribution < 1.29 is 31.5 Å². The summed E-state index contributed by atoms with van der Waals surface area (Å²) in [5.41, 5.74) is -1.79. The fourth-order valence-corrected chi connectivity index (χ4v) is 2.63. The number of anilines is 1. The first-order valence-electron chi connectivity index (χ1n) is 8.51. The molecule has 2 aromatic heterocycles. The third-order valence-electron chi connectivity index (χ3n) is 4.01. The number of aromatic nitrogens is 2. The predicted octanol–water partition coefficient (Wildman–Crippen LogP) is 5.44. The first-order valence-corrected chi connectivity index (χ1v) is 8.51. The van der Waals surface area contributed by atoms with Crippen LogP contribution in [0.15, 0.2) is 42.6 Å². The highest BCUT2D eigenvalue weighted by atomic mass is 19.4. The maximum atomic E-state index is 14.8. The molecule has 0 aliphatic rings. The molecule has 0 saturated carbocycles. The number of carbonyl (C=O) groups is 1. The first kappa shape index (κ1) is 21.2. The number of halogens is 5. The van der Waals surface area contributed by atoms with Gasteiger partial charge in [0.05, 0.1) is 11.3 Å². The van der Waals surface area contributed by atoms with Gasteiger partial charge >= 0.3 is 6.18 Å². The Balaban J connectivity index is 2.08. The van der Waals surface area contributed by atoms with E-state index in [2.05, 4.69) is 15.3 Å². The standard InChI is InChI=1S/C20H14F5N3O2/c1-10-9-12(7-8-26-10)28-19(29)17-15(4-3-13(18(17)22)20(23,24)25)30-14-5-6-16(21)27-11(14)2/h3-9H,1-2H3,(H,26,28,29). The van der Waals surface area contributed by atoms with Crippen LogP contribution >= 0.6 is 0 Å². The van der Waals surface area contributed by atoms with Crippen LogP contribution in [0.2, 0.25) is 0 Å². The SMILES string of the molecule is Cc1cc(NC(=O)c2c(Oc3ccc(F)nc3C)ccc(C(F)(F)F)c2F)ccn1. The number of nitrogens with zero attached hydrogens (tertiary/aromatic N) is 2. The summed E-state index contributed by atoms with van der Waals surface area (Å²) in [5, 5.41) is 2.33. The number of hydrogen-bond acceptors (Lipinski definition) is 4. The van der Waals surface area contributed by atoms with Gasteiger partial charge in [-0.05, 0) is 50.2 Å². The molecular weight excluding hydrogens is 409 g/mol. The molecule has 0 radical (unpaired) electrons. The van der Waals surface area contributed by atoms with E-state index >= 15 is 0 Å². The summed E-state index contributed by atoms with van der Waals surface area (Å²) >= 11 is 0. The van der Waals surface area contributed by atoms with Crippen molar-refractivity contribution in [2.75, 3.05) is 5.32 Å². The molecule has 10 heteroatoms. The van der Waals surface area contributed by atoms with Crippen LogP contribution in [-0.2, 0) is 6.18 Å². The zero-order valence-corrected chi connectivity index (χ0v) is 15.6. The lowest BCUT2D eigenvalue weighted by atomic mass is 10.1. The molecule has 0 aliphatic carbocycles. The Bertz CT molecular complexity index is 1120. The zero-order chi connectivity index (χ0) is 22.1. The van der Waals surface area contributed by atoms with Gasteiger partial charge in [-0.15, -0.1) is 0 Å². The Morgan fingerprint density at radius 3 is 2.37 bits per heavy atom. The molecule has 2 heterocycles. The van der Waals surface area contributed by atoms with Crippen LogP contribution in [0, 0.1) is 25.6 Å². The average Bonchev–Trinajstić information content (AvgIpc) is 2.63. The lowest BCUT2D eigenvalue weighted by molar-refractivity contribution is -0.140. The second-order valence-corrected chi connectivity index (χ2v) is 6.26. The fourth-order valence-electron chi connectivity index (χ4n) is 2.63. The van der Waals surface area contributed by atoms with Crippen LogP contribution in [0.3, 0.4) is 0 Å². The van der Waals surface area contributed by atoms with Gasteiger partial charge < -0.3 is 10.1 Å². The van der Waals surface area contributed by atoms with Crippen molar-refractivity contribution in [2.45, 2.75) is 20.0 Å². The summed E-state index contributed by atoms with van der Waals surface area (Å²) < 4.78 is 72.9. The van der Waals surface area contributed by atoms with Crippen molar-refractivity contribution in [2.24, 2.45) is 0 Å². The molecule has 0 unspecified atom stereocenters. The Kier molecular flexibility index (Phi) is 5.68. The number of aryl methyl sites for hydroxylation is 2. The number of amides is 1. The van der Waals surface area contributed by atoms with Gasteiger partial charge in [-0.3, -0.25) is 9.78 Å². The van der Waals surface area contributed by atoms with Crippen molar-refractivity contribution in [3.63, 3.8) is 0 Å². The van der Waals surface area contributed by atoms with E-state index in [0.29, 0.717) is 11.8 Å². The lowest BCUT2D eigenvalue weighted by Crippen LogP contribution is -2.19. The third-order valence-corrected chi connectivity index (χ3v) is 4.01. The first-order chi connectivity index (χ1) is 14.1. The Morgan fingerprint density at radius 2 is 1.73 bits per heavy atom. The summed E-state index contributed by atoms with van der Waals surface area (Å²) in [6.07, 6.45) is -3.66. The number of carbonyl (C=O) groups excluding carboxylic acids is 1. The maximum Gasteiger partial charge on any atom is 0.419 e. The molecule has 1 aromatic carbocycles. The van der Waals surface area contributed by atoms with Gasteiger partial charge in [0.25, 0.3) is 5.91 Å². The molecule has 0 fully saturated rings. The number of ether oxygens (including phenoxy) is 1. The van der Waals surface area contributed by atoms with Gasteiger partial charge in [-0.2, -0.15) is 17.6 Å². The minimum Gasteiger partial charge on any atom is -0.455 e. The molecule has 0 aliphatic heterocycles. The van der Waals surface area contributed by atoms with E-state index in [1.165, 1.54) is 31.3 Å². The molecule has 1 amide bonds. The maximum absolute atomic E-state index is 14.8. The molecule has 0 bridgehead atoms. The molecule has 0 spiro atoms. The summed E-state index contributed by atoms with van der Waals surface area (Å²) in [5.74, 6) is -4.29. The monoisotopic (exact) mass is 423 g/mol. The molecule has 1 N–H and O–H groups in total. The molecule has 156 valence electrons. The van der Waals surface area contributed by atoms with E-state index in [4.69, 9.17) is 4.74 Å². The van der Waals surface area contributed by atoms with Gasteiger partial charge in [0.2, 0.25) is 5.95 Å². The highest BCUT2D eigenvalue weighted by molar-refractivity contribution is 6.06. The van der Waals surface area contributed by atoms with Crippen molar-refractivity contribution in [3.05, 3.63) is 76.9 Å². The predicted molar refractivity (Wildman–Crippen MR) is 97.3 cm³/mol. The van der Waals surface area contributed by atoms with Crippen LogP contribution in [0.25, 0.3) is 0 Å². The number of nitrogens with one attached hydrogen (secondary N) is 1. The highest BCUT2D eigenvalue weighted by Gasteiger charge is 2.37. The van der Waals surface area contributed by atoms with Crippen molar-refractivity contribution in [3.8, 4) is 11.5 Å². The van der Waals surface area contributed by atoms with E-state index in [1.807, 2.05) is 0 Å². The molecular formula is C20H14F5N3O2. The molecule has 0 saturated heterocycles. The van der Waals surface area contributed by atoms with E-state index in [9.17, 15) is 26.7 Å². The Labute approximate surface area is 167 Å². The number of benzene rings is 1. The van der Waals surface area contributed by atoms with Gasteiger partial charge in [-0.1, -0.05) is 0 Å². The number of hydrogen-bond donors (Lipinski definition) is 1. The minimum atomic E-state index is -5.03. The van der Waals surface area contributed by atoms with Crippen molar-refractivity contribution >= 4 is 11.6 Å². The molecule has 3 rings (SSSR count). The Morgan fingerprint density at radius 1 is 1.03 bits per heavy atom. The number of alkyl halides is 3. The van der Waals surface area contributed by atoms with E-state index < -0.39 is 40.7 Å². The number of rotatable bonds is 4. The van der Waals surface area contributed by atoms with Gasteiger partial charge in [-0.25, -0.2) is 9.37 Å². The second kappa shape index (κ2) is 8.05. The van der Waals surface area contributed by atoms with Crippen LogP contribution in [0.1, 0.15) is 27.3 Å². The molecule has 30 heavy (non-hydrogen) atoms. The smallest absolute Gasteiger partial charge is 0.419 e.